The molecule has 0 amide bonds. The van der Waals surface area contributed by atoms with Crippen molar-refractivity contribution in [1.29, 1.82) is 0 Å². The van der Waals surface area contributed by atoms with Crippen molar-refractivity contribution in [2.24, 2.45) is 23.7 Å². The minimum atomic E-state index is -0.426. The van der Waals surface area contributed by atoms with Gasteiger partial charge < -0.3 is 0 Å². The second-order valence-corrected chi connectivity index (χ2v) is 9.85. The summed E-state index contributed by atoms with van der Waals surface area (Å²) in [6.07, 6.45) is 0. The van der Waals surface area contributed by atoms with Crippen molar-refractivity contribution in [3.8, 4) is 0 Å². The van der Waals surface area contributed by atoms with Crippen molar-refractivity contribution >= 4 is 33.9 Å². The van der Waals surface area contributed by atoms with Gasteiger partial charge in [0.15, 0.2) is 5.78 Å². The third kappa shape index (κ3) is 2.91. The summed E-state index contributed by atoms with van der Waals surface area (Å²) in [7, 11) is 0. The largest absolute Gasteiger partial charge is 0.298 e. The van der Waals surface area contributed by atoms with Crippen LogP contribution in [-0.4, -0.2) is 11.6 Å². The van der Waals surface area contributed by atoms with E-state index in [4.69, 9.17) is 0 Å². The predicted molar refractivity (Wildman–Crippen MR) is 143 cm³/mol. The van der Waals surface area contributed by atoms with Gasteiger partial charge in [-0.1, -0.05) is 121 Å². The number of hydrogen-bond donors (Lipinski definition) is 0. The third-order valence-corrected chi connectivity index (χ3v) is 8.10. The van der Waals surface area contributed by atoms with E-state index in [9.17, 15) is 9.59 Å². The Morgan fingerprint density at radius 3 is 1.19 bits per heavy atom. The smallest absolute Gasteiger partial charge is 0.168 e. The van der Waals surface area contributed by atoms with Gasteiger partial charge in [0.05, 0.1) is 11.8 Å². The quantitative estimate of drug-likeness (QED) is 0.331. The zero-order chi connectivity index (χ0) is 24.2. The molecular weight excluding hydrogens is 440 g/mol. The molecule has 2 bridgehead atoms. The van der Waals surface area contributed by atoms with Crippen molar-refractivity contribution in [3.63, 3.8) is 0 Å². The molecule has 4 aromatic rings. The Morgan fingerprint density at radius 1 is 0.389 bits per heavy atom. The lowest BCUT2D eigenvalue weighted by Gasteiger charge is -2.30. The van der Waals surface area contributed by atoms with Gasteiger partial charge in [-0.25, -0.2) is 0 Å². The first-order valence-electron chi connectivity index (χ1n) is 12.5. The Kier molecular flexibility index (Phi) is 4.75. The van der Waals surface area contributed by atoms with Crippen LogP contribution in [0.1, 0.15) is 22.3 Å². The summed E-state index contributed by atoms with van der Waals surface area (Å²) < 4.78 is 0. The van der Waals surface area contributed by atoms with E-state index in [0.717, 1.165) is 44.5 Å². The van der Waals surface area contributed by atoms with Gasteiger partial charge in [0.1, 0.15) is 5.78 Å². The molecule has 1 saturated carbocycles. The van der Waals surface area contributed by atoms with Gasteiger partial charge in [-0.15, -0.1) is 0 Å². The summed E-state index contributed by atoms with van der Waals surface area (Å²) in [4.78, 5) is 28.4. The maximum absolute atomic E-state index is 14.3. The summed E-state index contributed by atoms with van der Waals surface area (Å²) >= 11 is 0. The number of allylic oxidation sites excluding steroid dienone is 4. The van der Waals surface area contributed by atoms with Crippen LogP contribution in [0.4, 0.5) is 0 Å². The van der Waals surface area contributed by atoms with E-state index in [0.29, 0.717) is 0 Å². The van der Waals surface area contributed by atoms with Crippen LogP contribution in [0.2, 0.25) is 0 Å². The SMILES string of the molecule is O=C1[C@H]2C(c3ccccc3)=C(c3ccccc3)[C@H]1[C@@H]1C(c3ccccc3)=C(c3ccccc3)C(=O)[C@H]21. The number of carbonyl (C=O) groups excluding carboxylic acids is 2. The molecule has 4 aromatic carbocycles. The van der Waals surface area contributed by atoms with Crippen LogP contribution in [0.15, 0.2) is 121 Å². The van der Waals surface area contributed by atoms with Crippen LogP contribution in [-0.2, 0) is 9.59 Å². The third-order valence-electron chi connectivity index (χ3n) is 8.10. The molecule has 0 aliphatic heterocycles. The molecule has 3 aliphatic rings. The summed E-state index contributed by atoms with van der Waals surface area (Å²) in [5.74, 6) is -0.989. The number of rotatable bonds is 4. The van der Waals surface area contributed by atoms with Gasteiger partial charge in [-0.2, -0.15) is 0 Å². The van der Waals surface area contributed by atoms with Crippen LogP contribution >= 0.6 is 0 Å². The zero-order valence-electron chi connectivity index (χ0n) is 19.7. The first-order valence-corrected chi connectivity index (χ1v) is 12.5. The Balaban J connectivity index is 1.51. The van der Waals surface area contributed by atoms with Crippen LogP contribution < -0.4 is 0 Å². The maximum atomic E-state index is 14.3. The Bertz CT molecular complexity index is 1550. The number of benzene rings is 4. The highest BCUT2D eigenvalue weighted by Crippen LogP contribution is 2.66. The van der Waals surface area contributed by atoms with E-state index in [1.165, 1.54) is 0 Å². The van der Waals surface area contributed by atoms with Crippen molar-refractivity contribution in [2.45, 2.75) is 0 Å². The molecule has 0 radical (unpaired) electrons. The van der Waals surface area contributed by atoms with E-state index in [2.05, 4.69) is 36.4 Å². The fourth-order valence-corrected chi connectivity index (χ4v) is 6.83. The first-order chi connectivity index (χ1) is 17.8. The van der Waals surface area contributed by atoms with Gasteiger partial charge in [0, 0.05) is 17.4 Å². The van der Waals surface area contributed by atoms with E-state index in [-0.39, 0.29) is 29.3 Å². The van der Waals surface area contributed by atoms with Gasteiger partial charge in [0.25, 0.3) is 0 Å². The summed E-state index contributed by atoms with van der Waals surface area (Å²) in [6.45, 7) is 0. The molecule has 3 aliphatic carbocycles. The topological polar surface area (TPSA) is 34.1 Å². The van der Waals surface area contributed by atoms with Crippen molar-refractivity contribution < 1.29 is 9.59 Å². The maximum Gasteiger partial charge on any atom is 0.168 e. The lowest BCUT2D eigenvalue weighted by atomic mass is 9.71. The normalized spacial score (nSPS) is 24.6. The average Bonchev–Trinajstić information content (AvgIpc) is 3.52. The average molecular weight is 465 g/mol. The Morgan fingerprint density at radius 2 is 0.750 bits per heavy atom. The highest BCUT2D eigenvalue weighted by atomic mass is 16.1. The molecule has 36 heavy (non-hydrogen) atoms. The minimum absolute atomic E-state index is 0.103. The zero-order valence-corrected chi connectivity index (χ0v) is 19.7. The van der Waals surface area contributed by atoms with Crippen molar-refractivity contribution in [2.75, 3.05) is 0 Å². The second kappa shape index (κ2) is 8.13. The van der Waals surface area contributed by atoms with E-state index in [1.807, 2.05) is 84.9 Å². The van der Waals surface area contributed by atoms with Crippen LogP contribution in [0, 0.1) is 23.7 Å². The van der Waals surface area contributed by atoms with Crippen molar-refractivity contribution in [1.82, 2.24) is 0 Å². The Labute approximate surface area is 210 Å². The molecule has 7 rings (SSSR count). The molecule has 0 aromatic heterocycles. The minimum Gasteiger partial charge on any atom is -0.298 e. The summed E-state index contributed by atoms with van der Waals surface area (Å²) in [5.41, 5.74) is 8.01. The molecule has 2 nitrogen and oxygen atoms in total. The molecule has 0 unspecified atom stereocenters. The summed E-state index contributed by atoms with van der Waals surface area (Å²) in [6, 6.07) is 40.6. The van der Waals surface area contributed by atoms with Crippen LogP contribution in [0.5, 0.6) is 0 Å². The predicted octanol–water partition coefficient (Wildman–Crippen LogP) is 6.85. The standard InChI is InChI=1S/C34H24O2/c35-33-28(24-19-11-4-12-20-24)27(23-17-9-3-10-18-23)29-30-25(21-13-5-1-6-14-21)26(22-15-7-2-8-16-22)31(32(29)33)34(30)36/h1-20,29-32H/t29-,30-,31-,32-/m0/s1. The summed E-state index contributed by atoms with van der Waals surface area (Å²) in [5, 5.41) is 0. The van der Waals surface area contributed by atoms with Gasteiger partial charge in [-0.3, -0.25) is 9.59 Å². The molecule has 2 heteroatoms. The molecular formula is C34H24O2. The van der Waals surface area contributed by atoms with Crippen LogP contribution in [0.3, 0.4) is 0 Å². The van der Waals surface area contributed by atoms with E-state index < -0.39 is 5.92 Å². The fourth-order valence-electron chi connectivity index (χ4n) is 6.83. The van der Waals surface area contributed by atoms with Crippen LogP contribution in [0.25, 0.3) is 22.3 Å². The number of carbonyl (C=O) groups is 2. The number of ketones is 2. The molecule has 0 heterocycles. The number of hydrogen-bond acceptors (Lipinski definition) is 2. The number of Topliss-reactive ketones (excluding diaryl/α,β-unsaturated/α-hetero) is 2. The van der Waals surface area contributed by atoms with Gasteiger partial charge in [0.2, 0.25) is 0 Å². The Hall–Kier alpha value is -4.30. The highest BCUT2D eigenvalue weighted by Gasteiger charge is 2.65. The fraction of sp³-hybridized carbons (Fsp3) is 0.118. The van der Waals surface area contributed by atoms with E-state index >= 15 is 0 Å². The molecule has 4 atom stereocenters. The molecule has 1 fully saturated rings. The molecule has 0 spiro atoms. The molecule has 0 N–H and O–H groups in total. The number of fused-ring (bicyclic) bond motifs is 5. The lowest BCUT2D eigenvalue weighted by molar-refractivity contribution is -0.123. The van der Waals surface area contributed by atoms with Gasteiger partial charge >= 0.3 is 0 Å². The van der Waals surface area contributed by atoms with Gasteiger partial charge in [-0.05, 0) is 39.0 Å². The highest BCUT2D eigenvalue weighted by molar-refractivity contribution is 6.37. The van der Waals surface area contributed by atoms with Crippen molar-refractivity contribution in [3.05, 3.63) is 144 Å². The second-order valence-electron chi connectivity index (χ2n) is 9.85. The lowest BCUT2D eigenvalue weighted by Crippen LogP contribution is -2.26. The molecule has 172 valence electrons. The monoisotopic (exact) mass is 464 g/mol. The molecule has 0 saturated heterocycles. The first kappa shape index (κ1) is 21.0. The van der Waals surface area contributed by atoms with E-state index in [1.54, 1.807) is 0 Å².